The van der Waals surface area contributed by atoms with Crippen molar-refractivity contribution < 1.29 is 4.79 Å². The number of aromatic nitrogens is 4. The first-order chi connectivity index (χ1) is 14.1. The standard InChI is InChI=1S/C19H13ClN6OS2/c1-25-15-4-2-3-5-17(15)29-18(25)14(10-21)16(27)11-28-19-22-23-24-26(19)13-8-6-12(20)7-9-13/h2-9H,11H2,1H3/b18-14-. The second-order valence-electron chi connectivity index (χ2n) is 5.98. The fraction of sp³-hybridized carbons (Fsp3) is 0.105. The summed E-state index contributed by atoms with van der Waals surface area (Å²) in [5, 5.41) is 23.0. The SMILES string of the molecule is CN1/C(=C(\C#N)C(=O)CSc2nnnn2-c2ccc(Cl)cc2)Sc2ccccc21. The Morgan fingerprint density at radius 1 is 1.24 bits per heavy atom. The van der Waals surface area contributed by atoms with Gasteiger partial charge in [0.2, 0.25) is 5.16 Å². The van der Waals surface area contributed by atoms with Gasteiger partial charge in [-0.1, -0.05) is 47.3 Å². The molecule has 0 saturated carbocycles. The van der Waals surface area contributed by atoms with Gasteiger partial charge in [0.05, 0.1) is 17.1 Å². The molecule has 0 saturated heterocycles. The number of carbonyl (C=O) groups is 1. The van der Waals surface area contributed by atoms with E-state index in [9.17, 15) is 10.1 Å². The molecule has 1 aliphatic rings. The van der Waals surface area contributed by atoms with E-state index in [1.165, 1.54) is 28.2 Å². The van der Waals surface area contributed by atoms with E-state index in [4.69, 9.17) is 11.6 Å². The van der Waals surface area contributed by atoms with Crippen molar-refractivity contribution in [1.29, 1.82) is 5.26 Å². The van der Waals surface area contributed by atoms with Gasteiger partial charge in [0.1, 0.15) is 16.7 Å². The molecule has 10 heteroatoms. The number of benzene rings is 2. The molecule has 0 radical (unpaired) electrons. The zero-order valence-electron chi connectivity index (χ0n) is 15.1. The Morgan fingerprint density at radius 2 is 2.00 bits per heavy atom. The van der Waals surface area contributed by atoms with Crippen LogP contribution in [-0.2, 0) is 4.79 Å². The molecule has 144 valence electrons. The minimum atomic E-state index is -0.273. The Kier molecular flexibility index (Phi) is 5.58. The molecule has 7 nitrogen and oxygen atoms in total. The van der Waals surface area contributed by atoms with Crippen molar-refractivity contribution in [2.24, 2.45) is 0 Å². The van der Waals surface area contributed by atoms with Gasteiger partial charge in [0.25, 0.3) is 0 Å². The van der Waals surface area contributed by atoms with Gasteiger partial charge in [-0.05, 0) is 46.8 Å². The Morgan fingerprint density at radius 3 is 2.72 bits per heavy atom. The molecule has 3 aromatic rings. The van der Waals surface area contributed by atoms with Gasteiger partial charge in [0, 0.05) is 17.0 Å². The van der Waals surface area contributed by atoms with Gasteiger partial charge in [-0.15, -0.1) is 5.10 Å². The lowest BCUT2D eigenvalue weighted by Crippen LogP contribution is -2.16. The van der Waals surface area contributed by atoms with E-state index in [0.717, 1.165) is 16.3 Å². The number of thioether (sulfide) groups is 2. The zero-order chi connectivity index (χ0) is 20.4. The van der Waals surface area contributed by atoms with Crippen LogP contribution >= 0.6 is 35.1 Å². The molecule has 0 unspecified atom stereocenters. The lowest BCUT2D eigenvalue weighted by Gasteiger charge is -2.14. The summed E-state index contributed by atoms with van der Waals surface area (Å²) in [4.78, 5) is 15.7. The number of hydrogen-bond donors (Lipinski definition) is 0. The number of Topliss-reactive ketones (excluding diaryl/α,β-unsaturated/α-hetero) is 1. The van der Waals surface area contributed by atoms with Crippen molar-refractivity contribution in [2.75, 3.05) is 17.7 Å². The quantitative estimate of drug-likeness (QED) is 0.334. The molecule has 0 atom stereocenters. The lowest BCUT2D eigenvalue weighted by molar-refractivity contribution is -0.112. The second-order valence-corrected chi connectivity index (χ2v) is 8.39. The van der Waals surface area contributed by atoms with Crippen LogP contribution in [0.3, 0.4) is 0 Å². The van der Waals surface area contributed by atoms with Crippen molar-refractivity contribution in [3.63, 3.8) is 0 Å². The molecule has 0 N–H and O–H groups in total. The van der Waals surface area contributed by atoms with Crippen LogP contribution in [0.1, 0.15) is 0 Å². The highest BCUT2D eigenvalue weighted by molar-refractivity contribution is 8.03. The number of anilines is 1. The summed E-state index contributed by atoms with van der Waals surface area (Å²) in [6, 6.07) is 16.9. The maximum atomic E-state index is 12.8. The largest absolute Gasteiger partial charge is 0.337 e. The van der Waals surface area contributed by atoms with Gasteiger partial charge in [0.15, 0.2) is 5.78 Å². The predicted octanol–water partition coefficient (Wildman–Crippen LogP) is 3.95. The summed E-state index contributed by atoms with van der Waals surface area (Å²) >= 11 is 8.53. The topological polar surface area (TPSA) is 87.7 Å². The summed E-state index contributed by atoms with van der Waals surface area (Å²) in [5.74, 6) is -0.226. The number of carbonyl (C=O) groups excluding carboxylic acids is 1. The fourth-order valence-corrected chi connectivity index (χ4v) is 4.82. The summed E-state index contributed by atoms with van der Waals surface area (Å²) in [6.07, 6.45) is 0. The molecule has 4 rings (SSSR count). The Bertz CT molecular complexity index is 1150. The number of tetrazole rings is 1. The zero-order valence-corrected chi connectivity index (χ0v) is 17.5. The first kappa shape index (κ1) is 19.5. The highest BCUT2D eigenvalue weighted by Crippen LogP contribution is 2.46. The Labute approximate surface area is 180 Å². The summed E-state index contributed by atoms with van der Waals surface area (Å²) in [5.41, 5.74) is 1.84. The van der Waals surface area contributed by atoms with Crippen molar-refractivity contribution in [1.82, 2.24) is 20.2 Å². The number of fused-ring (bicyclic) bond motifs is 1. The van der Waals surface area contributed by atoms with Crippen LogP contribution in [0.5, 0.6) is 0 Å². The minimum Gasteiger partial charge on any atom is -0.337 e. The lowest BCUT2D eigenvalue weighted by atomic mass is 10.2. The molecule has 0 amide bonds. The molecule has 1 aliphatic heterocycles. The molecular formula is C19H13ClN6OS2. The van der Waals surface area contributed by atoms with Crippen LogP contribution in [0.25, 0.3) is 5.69 Å². The smallest absolute Gasteiger partial charge is 0.214 e. The molecule has 29 heavy (non-hydrogen) atoms. The molecular weight excluding hydrogens is 428 g/mol. The van der Waals surface area contributed by atoms with E-state index in [-0.39, 0.29) is 17.1 Å². The minimum absolute atomic E-state index is 0.0467. The van der Waals surface area contributed by atoms with Crippen molar-refractivity contribution in [2.45, 2.75) is 10.1 Å². The molecule has 0 spiro atoms. The number of rotatable bonds is 5. The third-order valence-electron chi connectivity index (χ3n) is 4.19. The van der Waals surface area contributed by atoms with Crippen molar-refractivity contribution >= 4 is 46.6 Å². The van der Waals surface area contributed by atoms with Gasteiger partial charge < -0.3 is 4.90 Å². The second kappa shape index (κ2) is 8.29. The number of nitrogens with zero attached hydrogens (tertiary/aromatic N) is 6. The normalized spacial score (nSPS) is 14.4. The molecule has 0 fully saturated rings. The van der Waals surface area contributed by atoms with E-state index in [1.807, 2.05) is 36.2 Å². The van der Waals surface area contributed by atoms with Crippen LogP contribution in [0.15, 0.2) is 69.2 Å². The molecule has 0 aliphatic carbocycles. The van der Waals surface area contributed by atoms with Gasteiger partial charge in [-0.2, -0.15) is 9.94 Å². The van der Waals surface area contributed by atoms with Crippen LogP contribution < -0.4 is 4.90 Å². The van der Waals surface area contributed by atoms with E-state index in [0.29, 0.717) is 15.2 Å². The first-order valence-corrected chi connectivity index (χ1v) is 10.6. The highest BCUT2D eigenvalue weighted by atomic mass is 35.5. The van der Waals surface area contributed by atoms with Gasteiger partial charge in [-0.25, -0.2) is 0 Å². The summed E-state index contributed by atoms with van der Waals surface area (Å²) in [7, 11) is 1.85. The maximum Gasteiger partial charge on any atom is 0.214 e. The average Bonchev–Trinajstić information content (AvgIpc) is 3.33. The first-order valence-electron chi connectivity index (χ1n) is 8.44. The molecule has 2 heterocycles. The highest BCUT2D eigenvalue weighted by Gasteiger charge is 2.28. The van der Waals surface area contributed by atoms with Crippen molar-refractivity contribution in [3.05, 3.63) is 64.2 Å². The van der Waals surface area contributed by atoms with Crippen molar-refractivity contribution in [3.8, 4) is 11.8 Å². The number of hydrogen-bond acceptors (Lipinski definition) is 8. The maximum absolute atomic E-state index is 12.8. The summed E-state index contributed by atoms with van der Waals surface area (Å²) in [6.45, 7) is 0. The van der Waals surface area contributed by atoms with E-state index in [1.54, 1.807) is 24.3 Å². The number of ketones is 1. The van der Waals surface area contributed by atoms with Crippen LogP contribution in [0, 0.1) is 11.3 Å². The number of halogens is 1. The van der Waals surface area contributed by atoms with Crippen LogP contribution in [0.2, 0.25) is 5.02 Å². The predicted molar refractivity (Wildman–Crippen MR) is 113 cm³/mol. The fourth-order valence-electron chi connectivity index (χ4n) is 2.77. The van der Waals surface area contributed by atoms with E-state index >= 15 is 0 Å². The number of nitriles is 1. The number of para-hydroxylation sites is 1. The Balaban J connectivity index is 1.53. The van der Waals surface area contributed by atoms with E-state index in [2.05, 4.69) is 21.6 Å². The van der Waals surface area contributed by atoms with Crippen LogP contribution in [-0.4, -0.2) is 38.8 Å². The average molecular weight is 441 g/mol. The third-order valence-corrected chi connectivity index (χ3v) is 6.59. The molecule has 0 bridgehead atoms. The van der Waals surface area contributed by atoms with Gasteiger partial charge >= 0.3 is 0 Å². The Hall–Kier alpha value is -2.80. The monoisotopic (exact) mass is 440 g/mol. The van der Waals surface area contributed by atoms with E-state index < -0.39 is 0 Å². The van der Waals surface area contributed by atoms with Crippen LogP contribution in [0.4, 0.5) is 5.69 Å². The van der Waals surface area contributed by atoms with Gasteiger partial charge in [-0.3, -0.25) is 4.79 Å². The summed E-state index contributed by atoms with van der Waals surface area (Å²) < 4.78 is 1.53. The third kappa shape index (κ3) is 3.87. The molecule has 1 aromatic heterocycles. The number of allylic oxidation sites excluding steroid dienone is 1. The molecule has 2 aromatic carbocycles.